The third kappa shape index (κ3) is 14.2. The van der Waals surface area contributed by atoms with Crippen molar-refractivity contribution >= 4 is 27.5 Å². The van der Waals surface area contributed by atoms with Crippen molar-refractivity contribution in [2.24, 2.45) is 17.8 Å². The van der Waals surface area contributed by atoms with E-state index in [1.807, 2.05) is 0 Å². The molecule has 1 fully saturated rings. The molecule has 0 aliphatic heterocycles. The second-order valence-electron chi connectivity index (χ2n) is 13.9. The maximum atomic E-state index is 12.7. The number of phosphoric acid groups is 2. The molecular formula is C29H52N4O11P2. The molecule has 0 aromatic carbocycles. The van der Waals surface area contributed by atoms with Gasteiger partial charge in [-0.05, 0) is 104 Å². The van der Waals surface area contributed by atoms with Crippen molar-refractivity contribution in [1.29, 1.82) is 0 Å². The Kier molecular flexibility index (Phi) is 14.0. The van der Waals surface area contributed by atoms with Gasteiger partial charge in [0.1, 0.15) is 6.54 Å². The highest BCUT2D eigenvalue weighted by atomic mass is 31.2. The highest BCUT2D eigenvalue weighted by molar-refractivity contribution is 7.47. The average Bonchev–Trinajstić information content (AvgIpc) is 3.40. The summed E-state index contributed by atoms with van der Waals surface area (Å²) < 4.78 is 50.9. The zero-order valence-corrected chi connectivity index (χ0v) is 29.7. The molecule has 5 atom stereocenters. The van der Waals surface area contributed by atoms with Crippen LogP contribution in [0, 0.1) is 17.8 Å². The van der Waals surface area contributed by atoms with Crippen molar-refractivity contribution in [3.8, 4) is 0 Å². The van der Waals surface area contributed by atoms with Crippen LogP contribution >= 0.6 is 15.6 Å². The van der Waals surface area contributed by atoms with Crippen LogP contribution in [-0.4, -0.2) is 74.2 Å². The first kappa shape index (κ1) is 38.7. The summed E-state index contributed by atoms with van der Waals surface area (Å²) in [7, 11) is -8.25. The van der Waals surface area contributed by atoms with Crippen LogP contribution in [0.5, 0.6) is 0 Å². The number of carbonyl (C=O) groups is 2. The molecule has 0 bridgehead atoms. The minimum Gasteiger partial charge on any atom is -0.449 e. The molecule has 0 spiro atoms. The number of Topliss-reactive ketones (excluding diaryl/α,β-unsaturated/α-hetero) is 1. The van der Waals surface area contributed by atoms with Gasteiger partial charge < -0.3 is 19.8 Å². The van der Waals surface area contributed by atoms with Crippen molar-refractivity contribution in [3.05, 3.63) is 11.4 Å². The van der Waals surface area contributed by atoms with Gasteiger partial charge in [0.15, 0.2) is 5.78 Å². The van der Waals surface area contributed by atoms with E-state index in [1.54, 1.807) is 46.2 Å². The number of ether oxygens (including phenoxy) is 1. The minimum atomic E-state index is -4.15. The fourth-order valence-electron chi connectivity index (χ4n) is 5.64. The van der Waals surface area contributed by atoms with E-state index in [0.717, 1.165) is 37.1 Å². The molecule has 17 heteroatoms. The zero-order valence-electron chi connectivity index (χ0n) is 27.9. The first-order valence-corrected chi connectivity index (χ1v) is 19.0. The molecule has 0 saturated heterocycles. The number of carbonyl (C=O) groups excluding carboxylic acids is 2. The minimum absolute atomic E-state index is 0.0471. The van der Waals surface area contributed by atoms with Crippen LogP contribution in [0.25, 0.3) is 0 Å². The number of ketones is 1. The Hall–Kier alpha value is -1.70. The number of hydrogen-bond acceptors (Lipinski definition) is 11. The van der Waals surface area contributed by atoms with Gasteiger partial charge in [0.2, 0.25) is 0 Å². The molecule has 1 aromatic rings. The van der Waals surface area contributed by atoms with Crippen molar-refractivity contribution in [2.45, 2.75) is 117 Å². The number of aromatic nitrogens is 3. The van der Waals surface area contributed by atoms with E-state index in [9.17, 15) is 28.5 Å². The number of amides is 1. The Labute approximate surface area is 271 Å². The second-order valence-corrected chi connectivity index (χ2v) is 16.7. The second kappa shape index (κ2) is 16.6. The van der Waals surface area contributed by atoms with Crippen molar-refractivity contribution in [1.82, 2.24) is 20.3 Å². The molecule has 1 saturated carbocycles. The van der Waals surface area contributed by atoms with Gasteiger partial charge in [-0.1, -0.05) is 11.6 Å². The van der Waals surface area contributed by atoms with Gasteiger partial charge in [0, 0.05) is 13.0 Å². The van der Waals surface area contributed by atoms with Gasteiger partial charge in [-0.25, -0.2) is 18.6 Å². The molecule has 264 valence electrons. The molecule has 5 unspecified atom stereocenters. The van der Waals surface area contributed by atoms with Gasteiger partial charge in [0.25, 0.3) is 0 Å². The molecule has 2 aliphatic carbocycles. The maximum absolute atomic E-state index is 12.7. The van der Waals surface area contributed by atoms with E-state index in [-0.39, 0.29) is 38.0 Å². The molecule has 3 rings (SSSR count). The number of unbranched alkanes of at least 4 members (excludes halogenated alkanes) is 2. The Morgan fingerprint density at radius 3 is 2.09 bits per heavy atom. The number of phosphoric ester groups is 2. The predicted molar refractivity (Wildman–Crippen MR) is 168 cm³/mol. The lowest BCUT2D eigenvalue weighted by Crippen LogP contribution is -2.27. The normalized spacial score (nSPS) is 22.4. The van der Waals surface area contributed by atoms with Crippen molar-refractivity contribution < 1.29 is 51.3 Å². The smallest absolute Gasteiger partial charge is 0.449 e. The number of hydrogen-bond donors (Lipinski definition) is 3. The highest BCUT2D eigenvalue weighted by Gasteiger charge is 2.50. The largest absolute Gasteiger partial charge is 0.472 e. The molecule has 1 amide bonds. The van der Waals surface area contributed by atoms with Gasteiger partial charge in [-0.3, -0.25) is 22.9 Å². The first-order chi connectivity index (χ1) is 21.3. The molecule has 3 N–H and O–H groups in total. The van der Waals surface area contributed by atoms with E-state index >= 15 is 0 Å². The number of alkyl carbamates (subject to hydrolysis) is 1. The monoisotopic (exact) mass is 694 g/mol. The SMILES string of the molecule is CC(C)(C)OP(=O)(O)OCCCCCC(=O)Cn1nnc2c1CCC1C(CC2)C1COC(=O)NCCCOP(=O)(O)OC(C)(C)C. The molecular weight excluding hydrogens is 642 g/mol. The summed E-state index contributed by atoms with van der Waals surface area (Å²) in [4.78, 5) is 44.3. The zero-order chi connectivity index (χ0) is 34.2. The third-order valence-electron chi connectivity index (χ3n) is 7.57. The van der Waals surface area contributed by atoms with Crippen LogP contribution < -0.4 is 5.32 Å². The summed E-state index contributed by atoms with van der Waals surface area (Å²) >= 11 is 0. The number of nitrogens with one attached hydrogen (secondary N) is 1. The fourth-order valence-corrected chi connectivity index (χ4v) is 7.84. The number of aryl methyl sites for hydroxylation is 1. The van der Waals surface area contributed by atoms with E-state index in [0.29, 0.717) is 50.5 Å². The molecule has 0 radical (unpaired) electrons. The summed E-state index contributed by atoms with van der Waals surface area (Å²) in [5.74, 6) is 1.21. The Morgan fingerprint density at radius 2 is 1.48 bits per heavy atom. The van der Waals surface area contributed by atoms with Crippen LogP contribution in [0.15, 0.2) is 0 Å². The van der Waals surface area contributed by atoms with Crippen LogP contribution in [0.1, 0.15) is 97.9 Å². The van der Waals surface area contributed by atoms with Crippen LogP contribution in [0.3, 0.4) is 0 Å². The standard InChI is InChI=1S/C29H52N4O11P2/c1-28(2,3)43-45(36,37)41-17-9-7-8-11-21(34)19-33-26-15-13-23-22(12-14-25(26)31-32-33)24(23)20-40-27(35)30-16-10-18-42-46(38,39)44-29(4,5)6/h22-24H,7-20H2,1-6H3,(H,30,35)(H,36,37)(H,38,39). The first-order valence-electron chi connectivity index (χ1n) is 16.0. The molecule has 1 heterocycles. The molecule has 46 heavy (non-hydrogen) atoms. The lowest BCUT2D eigenvalue weighted by Gasteiger charge is -2.22. The van der Waals surface area contributed by atoms with Gasteiger partial charge in [0.05, 0.1) is 42.4 Å². The lowest BCUT2D eigenvalue weighted by molar-refractivity contribution is -0.120. The van der Waals surface area contributed by atoms with E-state index in [4.69, 9.17) is 22.8 Å². The molecule has 1 aromatic heterocycles. The Bertz CT molecular complexity index is 1260. The molecule has 2 aliphatic rings. The molecule has 15 nitrogen and oxygen atoms in total. The predicted octanol–water partition coefficient (Wildman–Crippen LogP) is 5.13. The quantitative estimate of drug-likeness (QED) is 0.135. The number of fused-ring (bicyclic) bond motifs is 2. The van der Waals surface area contributed by atoms with E-state index in [1.165, 1.54) is 0 Å². The van der Waals surface area contributed by atoms with Crippen molar-refractivity contribution in [2.75, 3.05) is 26.4 Å². The van der Waals surface area contributed by atoms with Gasteiger partial charge in [-0.15, -0.1) is 5.10 Å². The lowest BCUT2D eigenvalue weighted by atomic mass is 10.0. The summed E-state index contributed by atoms with van der Waals surface area (Å²) in [6.07, 6.45) is 5.34. The summed E-state index contributed by atoms with van der Waals surface area (Å²) in [6, 6.07) is 0. The van der Waals surface area contributed by atoms with Crippen LogP contribution in [0.4, 0.5) is 4.79 Å². The Balaban J connectivity index is 1.30. The van der Waals surface area contributed by atoms with E-state index < -0.39 is 32.9 Å². The van der Waals surface area contributed by atoms with E-state index in [2.05, 4.69) is 15.6 Å². The fraction of sp³-hybridized carbons (Fsp3) is 0.862. The summed E-state index contributed by atoms with van der Waals surface area (Å²) in [6.45, 7) is 10.7. The number of nitrogens with zero attached hydrogens (tertiary/aromatic N) is 3. The topological polar surface area (TPSA) is 198 Å². The van der Waals surface area contributed by atoms with Gasteiger partial charge in [-0.2, -0.15) is 0 Å². The number of rotatable bonds is 18. The average molecular weight is 695 g/mol. The third-order valence-corrected chi connectivity index (χ3v) is 10.1. The Morgan fingerprint density at radius 1 is 0.891 bits per heavy atom. The summed E-state index contributed by atoms with van der Waals surface area (Å²) in [5, 5.41) is 11.2. The van der Waals surface area contributed by atoms with Crippen LogP contribution in [0.2, 0.25) is 0 Å². The van der Waals surface area contributed by atoms with Crippen molar-refractivity contribution in [3.63, 3.8) is 0 Å². The maximum Gasteiger partial charge on any atom is 0.472 e. The van der Waals surface area contributed by atoms with Crippen LogP contribution in [-0.2, 0) is 56.1 Å². The summed E-state index contributed by atoms with van der Waals surface area (Å²) in [5.41, 5.74) is 0.303. The van der Waals surface area contributed by atoms with Gasteiger partial charge >= 0.3 is 21.7 Å². The highest BCUT2D eigenvalue weighted by Crippen LogP contribution is 2.53.